The number of fused-ring (bicyclic) bond motifs is 1. The smallest absolute Gasteiger partial charge is 0.270 e. The first kappa shape index (κ1) is 16.1. The van der Waals surface area contributed by atoms with E-state index in [1.54, 1.807) is 31.4 Å². The monoisotopic (exact) mass is 328 g/mol. The van der Waals surface area contributed by atoms with Crippen molar-refractivity contribution in [2.24, 2.45) is 0 Å². The van der Waals surface area contributed by atoms with Crippen molar-refractivity contribution in [1.82, 2.24) is 9.88 Å². The van der Waals surface area contributed by atoms with E-state index >= 15 is 0 Å². The molecule has 0 saturated carbocycles. The van der Waals surface area contributed by atoms with Gasteiger partial charge in [0.05, 0.1) is 14.2 Å². The van der Waals surface area contributed by atoms with Gasteiger partial charge in [0, 0.05) is 24.8 Å². The van der Waals surface area contributed by atoms with E-state index in [0.717, 1.165) is 17.5 Å². The van der Waals surface area contributed by atoms with Crippen LogP contribution in [0.4, 0.5) is 0 Å². The number of H-pyrrole nitrogens is 1. The van der Waals surface area contributed by atoms with Crippen LogP contribution in [0, 0.1) is 0 Å². The summed E-state index contributed by atoms with van der Waals surface area (Å²) in [5.74, 6) is 1.19. The molecule has 0 bridgehead atoms. The number of benzene rings is 1. The summed E-state index contributed by atoms with van der Waals surface area (Å²) in [6.07, 6.45) is 2.32. The Kier molecular flexibility index (Phi) is 4.29. The predicted molar refractivity (Wildman–Crippen MR) is 88.8 cm³/mol. The van der Waals surface area contributed by atoms with Crippen molar-refractivity contribution in [1.29, 1.82) is 0 Å². The Morgan fingerprint density at radius 2 is 1.75 bits per heavy atom. The molecule has 0 radical (unpaired) electrons. The lowest BCUT2D eigenvalue weighted by molar-refractivity contribution is 0.0729. The van der Waals surface area contributed by atoms with Gasteiger partial charge in [-0.3, -0.25) is 9.59 Å². The zero-order chi connectivity index (χ0) is 17.3. The number of rotatable bonds is 4. The average molecular weight is 328 g/mol. The predicted octanol–water partition coefficient (Wildman–Crippen LogP) is 2.43. The van der Waals surface area contributed by atoms with E-state index in [-0.39, 0.29) is 11.7 Å². The van der Waals surface area contributed by atoms with E-state index in [1.165, 1.54) is 6.92 Å². The standard InChI is InChI=1S/C18H20N2O4/c1-11(21)13-6-15(19-9-13)18(22)20-5-4-12-7-16(23-2)17(24-3)8-14(12)10-20/h6-9,19H,4-5,10H2,1-3H3. The first-order valence-corrected chi connectivity index (χ1v) is 7.76. The van der Waals surface area contributed by atoms with Crippen LogP contribution in [0.2, 0.25) is 0 Å². The van der Waals surface area contributed by atoms with E-state index in [4.69, 9.17) is 9.47 Å². The van der Waals surface area contributed by atoms with Gasteiger partial charge in [-0.1, -0.05) is 0 Å². The number of aromatic amines is 1. The van der Waals surface area contributed by atoms with E-state index in [2.05, 4.69) is 4.98 Å². The molecule has 2 heterocycles. The summed E-state index contributed by atoms with van der Waals surface area (Å²) in [7, 11) is 3.21. The Bertz CT molecular complexity index is 794. The van der Waals surface area contributed by atoms with Gasteiger partial charge in [-0.15, -0.1) is 0 Å². The number of carbonyl (C=O) groups excluding carboxylic acids is 2. The third-order valence-corrected chi connectivity index (χ3v) is 4.33. The molecule has 1 aromatic heterocycles. The molecule has 0 saturated heterocycles. The fourth-order valence-corrected chi connectivity index (χ4v) is 2.95. The van der Waals surface area contributed by atoms with Crippen molar-refractivity contribution in [2.75, 3.05) is 20.8 Å². The van der Waals surface area contributed by atoms with Crippen LogP contribution in [0.5, 0.6) is 11.5 Å². The Balaban J connectivity index is 1.83. The van der Waals surface area contributed by atoms with Crippen LogP contribution in [0.15, 0.2) is 24.4 Å². The quantitative estimate of drug-likeness (QED) is 0.875. The van der Waals surface area contributed by atoms with Gasteiger partial charge >= 0.3 is 0 Å². The molecule has 1 aliphatic heterocycles. The first-order chi connectivity index (χ1) is 11.5. The van der Waals surface area contributed by atoms with Gasteiger partial charge < -0.3 is 19.4 Å². The molecule has 0 atom stereocenters. The topological polar surface area (TPSA) is 71.6 Å². The lowest BCUT2D eigenvalue weighted by Gasteiger charge is -2.29. The maximum Gasteiger partial charge on any atom is 0.270 e. The fourth-order valence-electron chi connectivity index (χ4n) is 2.95. The van der Waals surface area contributed by atoms with Gasteiger partial charge in [0.15, 0.2) is 17.3 Å². The van der Waals surface area contributed by atoms with Gasteiger partial charge in [-0.05, 0) is 42.7 Å². The number of ether oxygens (including phenoxy) is 2. The molecule has 2 aromatic rings. The van der Waals surface area contributed by atoms with Crippen LogP contribution in [0.25, 0.3) is 0 Å². The Morgan fingerprint density at radius 3 is 2.33 bits per heavy atom. The second-order valence-electron chi connectivity index (χ2n) is 5.81. The highest BCUT2D eigenvalue weighted by molar-refractivity contribution is 5.99. The third-order valence-electron chi connectivity index (χ3n) is 4.33. The summed E-state index contributed by atoms with van der Waals surface area (Å²) in [5, 5.41) is 0. The summed E-state index contributed by atoms with van der Waals surface area (Å²) < 4.78 is 10.7. The maximum atomic E-state index is 12.7. The molecule has 6 nitrogen and oxygen atoms in total. The third kappa shape index (κ3) is 2.87. The van der Waals surface area contributed by atoms with Crippen molar-refractivity contribution < 1.29 is 19.1 Å². The van der Waals surface area contributed by atoms with Crippen LogP contribution in [0.3, 0.4) is 0 Å². The van der Waals surface area contributed by atoms with Gasteiger partial charge in [-0.2, -0.15) is 0 Å². The van der Waals surface area contributed by atoms with Crippen LogP contribution in [-0.2, 0) is 13.0 Å². The van der Waals surface area contributed by atoms with Crippen LogP contribution < -0.4 is 9.47 Å². The number of hydrogen-bond donors (Lipinski definition) is 1. The van der Waals surface area contributed by atoms with Gasteiger partial charge in [0.2, 0.25) is 0 Å². The fraction of sp³-hybridized carbons (Fsp3) is 0.333. The second-order valence-corrected chi connectivity index (χ2v) is 5.81. The molecular weight excluding hydrogens is 308 g/mol. The molecule has 1 aliphatic rings. The lowest BCUT2D eigenvalue weighted by Crippen LogP contribution is -2.36. The minimum absolute atomic E-state index is 0.0638. The highest BCUT2D eigenvalue weighted by Gasteiger charge is 2.24. The van der Waals surface area contributed by atoms with E-state index in [9.17, 15) is 9.59 Å². The summed E-state index contributed by atoms with van der Waals surface area (Å²) in [6, 6.07) is 5.50. The largest absolute Gasteiger partial charge is 0.493 e. The number of carbonyl (C=O) groups is 2. The van der Waals surface area contributed by atoms with Crippen molar-refractivity contribution >= 4 is 11.7 Å². The normalized spacial score (nSPS) is 13.4. The number of nitrogens with one attached hydrogen (secondary N) is 1. The molecule has 24 heavy (non-hydrogen) atoms. The van der Waals surface area contributed by atoms with E-state index in [0.29, 0.717) is 35.8 Å². The van der Waals surface area contributed by atoms with Crippen molar-refractivity contribution in [3.8, 4) is 11.5 Å². The Morgan fingerprint density at radius 1 is 1.08 bits per heavy atom. The second kappa shape index (κ2) is 6.39. The van der Waals surface area contributed by atoms with E-state index < -0.39 is 0 Å². The highest BCUT2D eigenvalue weighted by atomic mass is 16.5. The zero-order valence-corrected chi connectivity index (χ0v) is 14.0. The molecule has 126 valence electrons. The number of nitrogens with zero attached hydrogens (tertiary/aromatic N) is 1. The zero-order valence-electron chi connectivity index (χ0n) is 14.0. The number of methoxy groups -OCH3 is 2. The SMILES string of the molecule is COc1cc2c(cc1OC)CN(C(=O)c1cc(C(C)=O)c[nH]1)CC2. The molecule has 0 fully saturated rings. The minimum atomic E-state index is -0.108. The summed E-state index contributed by atoms with van der Waals surface area (Å²) >= 11 is 0. The number of hydrogen-bond acceptors (Lipinski definition) is 4. The Hall–Kier alpha value is -2.76. The molecule has 0 aliphatic carbocycles. The molecule has 3 rings (SSSR count). The minimum Gasteiger partial charge on any atom is -0.493 e. The number of amides is 1. The van der Waals surface area contributed by atoms with Gasteiger partial charge in [0.1, 0.15) is 5.69 Å². The van der Waals surface area contributed by atoms with Crippen LogP contribution in [-0.4, -0.2) is 42.3 Å². The molecular formula is C18H20N2O4. The molecule has 0 unspecified atom stereocenters. The lowest BCUT2D eigenvalue weighted by atomic mass is 9.98. The van der Waals surface area contributed by atoms with Gasteiger partial charge in [-0.25, -0.2) is 0 Å². The van der Waals surface area contributed by atoms with Crippen molar-refractivity contribution in [3.05, 3.63) is 46.8 Å². The first-order valence-electron chi connectivity index (χ1n) is 7.76. The number of Topliss-reactive ketones (excluding diaryl/α,β-unsaturated/α-hetero) is 1. The summed E-state index contributed by atoms with van der Waals surface area (Å²) in [4.78, 5) is 28.7. The van der Waals surface area contributed by atoms with E-state index in [1.807, 2.05) is 12.1 Å². The van der Waals surface area contributed by atoms with Gasteiger partial charge in [0.25, 0.3) is 5.91 Å². The molecule has 0 spiro atoms. The average Bonchev–Trinajstić information content (AvgIpc) is 3.09. The summed E-state index contributed by atoms with van der Waals surface area (Å²) in [6.45, 7) is 2.60. The van der Waals surface area contributed by atoms with Crippen molar-refractivity contribution in [2.45, 2.75) is 19.9 Å². The summed E-state index contributed by atoms with van der Waals surface area (Å²) in [5.41, 5.74) is 3.16. The Labute approximate surface area is 140 Å². The molecule has 1 N–H and O–H groups in total. The van der Waals surface area contributed by atoms with Crippen LogP contribution >= 0.6 is 0 Å². The van der Waals surface area contributed by atoms with Crippen LogP contribution in [0.1, 0.15) is 38.9 Å². The highest BCUT2D eigenvalue weighted by Crippen LogP contribution is 2.33. The molecule has 1 aromatic carbocycles. The number of ketones is 1. The molecule has 1 amide bonds. The number of aromatic nitrogens is 1. The molecule has 6 heteroatoms. The maximum absolute atomic E-state index is 12.7. The van der Waals surface area contributed by atoms with Crippen molar-refractivity contribution in [3.63, 3.8) is 0 Å².